The summed E-state index contributed by atoms with van der Waals surface area (Å²) >= 11 is 0. The fraction of sp³-hybridized carbons (Fsp3) is 0.889. The Balaban J connectivity index is 4.52. The Labute approximate surface area is 91.5 Å². The third kappa shape index (κ3) is 4.36. The van der Waals surface area contributed by atoms with E-state index >= 15 is 0 Å². The number of carbonyl (C=O) groups is 1. The molecule has 0 heterocycles. The van der Waals surface area contributed by atoms with Gasteiger partial charge in [-0.2, -0.15) is 13.2 Å². The quantitative estimate of drug-likeness (QED) is 0.673. The summed E-state index contributed by atoms with van der Waals surface area (Å²) in [5, 5.41) is 20.1. The van der Waals surface area contributed by atoms with Crippen molar-refractivity contribution in [3.63, 3.8) is 0 Å². The highest BCUT2D eigenvalue weighted by Crippen LogP contribution is 2.26. The number of hydrogen-bond acceptors (Lipinski definition) is 3. The molecule has 2 atom stereocenters. The van der Waals surface area contributed by atoms with E-state index in [2.05, 4.69) is 5.32 Å². The van der Waals surface area contributed by atoms with Crippen molar-refractivity contribution in [3.8, 4) is 0 Å². The van der Waals surface area contributed by atoms with Gasteiger partial charge in [0.15, 0.2) is 5.92 Å². The summed E-state index contributed by atoms with van der Waals surface area (Å²) in [5.41, 5.74) is -0.973. The summed E-state index contributed by atoms with van der Waals surface area (Å²) in [5.74, 6) is -4.40. The second-order valence-electron chi connectivity index (χ2n) is 4.21. The van der Waals surface area contributed by atoms with Gasteiger partial charge >= 0.3 is 12.1 Å². The third-order valence-electron chi connectivity index (χ3n) is 2.50. The van der Waals surface area contributed by atoms with E-state index in [1.54, 1.807) is 0 Å². The number of aliphatic carboxylic acids is 1. The predicted octanol–water partition coefficient (Wildman–Crippen LogP) is 0.998. The van der Waals surface area contributed by atoms with Crippen molar-refractivity contribution in [3.05, 3.63) is 0 Å². The van der Waals surface area contributed by atoms with Gasteiger partial charge in [0.1, 0.15) is 0 Å². The van der Waals surface area contributed by atoms with Crippen molar-refractivity contribution in [2.24, 2.45) is 5.92 Å². The lowest BCUT2D eigenvalue weighted by Gasteiger charge is -2.31. The molecule has 0 aromatic heterocycles. The molecule has 0 rings (SSSR count). The van der Waals surface area contributed by atoms with Crippen LogP contribution in [0.3, 0.4) is 0 Å². The van der Waals surface area contributed by atoms with Gasteiger partial charge in [-0.3, -0.25) is 4.79 Å². The molecule has 0 bridgehead atoms. The maximum absolute atomic E-state index is 12.3. The largest absolute Gasteiger partial charge is 0.481 e. The minimum absolute atomic E-state index is 0.767. The highest BCUT2D eigenvalue weighted by atomic mass is 19.4. The zero-order chi connectivity index (χ0) is 13.1. The Bertz CT molecular complexity index is 251. The Kier molecular flexibility index (Phi) is 4.75. The number of carboxylic acids is 1. The average molecular weight is 243 g/mol. The molecule has 0 amide bonds. The summed E-state index contributed by atoms with van der Waals surface area (Å²) in [6.07, 6.45) is -5.69. The van der Waals surface area contributed by atoms with Crippen LogP contribution >= 0.6 is 0 Å². The van der Waals surface area contributed by atoms with Crippen molar-refractivity contribution in [1.29, 1.82) is 0 Å². The van der Waals surface area contributed by atoms with Crippen molar-refractivity contribution < 1.29 is 28.2 Å². The molecule has 0 aromatic carbocycles. The summed E-state index contributed by atoms with van der Waals surface area (Å²) in [6, 6.07) is 0. The summed E-state index contributed by atoms with van der Waals surface area (Å²) < 4.78 is 36.8. The molecule has 0 aromatic rings. The topological polar surface area (TPSA) is 69.6 Å². The van der Waals surface area contributed by atoms with E-state index in [4.69, 9.17) is 5.11 Å². The van der Waals surface area contributed by atoms with Crippen LogP contribution in [0.1, 0.15) is 20.8 Å². The normalized spacial score (nSPS) is 16.9. The van der Waals surface area contributed by atoms with Crippen LogP contribution in [0, 0.1) is 5.92 Å². The number of halogens is 3. The molecule has 0 radical (unpaired) electrons. The van der Waals surface area contributed by atoms with Gasteiger partial charge in [-0.05, 0) is 20.8 Å². The monoisotopic (exact) mass is 243 g/mol. The minimum atomic E-state index is -4.80. The molecule has 4 nitrogen and oxygen atoms in total. The highest BCUT2D eigenvalue weighted by Gasteiger charge is 2.45. The van der Waals surface area contributed by atoms with Crippen molar-refractivity contribution in [2.75, 3.05) is 6.54 Å². The molecule has 0 spiro atoms. The SMILES string of the molecule is CC(O)C(C)(C)NCC(C(=O)O)C(F)(F)F. The van der Waals surface area contributed by atoms with Gasteiger partial charge in [-0.15, -0.1) is 0 Å². The lowest BCUT2D eigenvalue weighted by molar-refractivity contribution is -0.193. The number of carboxylic acid groups (broad SMARTS) is 1. The van der Waals surface area contributed by atoms with Crippen LogP contribution in [-0.4, -0.2) is 40.5 Å². The smallest absolute Gasteiger partial charge is 0.403 e. The molecule has 7 heteroatoms. The number of aliphatic hydroxyl groups is 1. The number of nitrogens with one attached hydrogen (secondary N) is 1. The zero-order valence-corrected chi connectivity index (χ0v) is 9.30. The van der Waals surface area contributed by atoms with Crippen LogP contribution in [-0.2, 0) is 4.79 Å². The van der Waals surface area contributed by atoms with E-state index in [1.807, 2.05) is 0 Å². The highest BCUT2D eigenvalue weighted by molar-refractivity contribution is 5.71. The average Bonchev–Trinajstić information content (AvgIpc) is 1.99. The number of hydrogen-bond donors (Lipinski definition) is 3. The van der Waals surface area contributed by atoms with Gasteiger partial charge in [0.25, 0.3) is 0 Å². The van der Waals surface area contributed by atoms with Crippen LogP contribution in [0.15, 0.2) is 0 Å². The van der Waals surface area contributed by atoms with Crippen molar-refractivity contribution in [1.82, 2.24) is 5.32 Å². The van der Waals surface area contributed by atoms with Gasteiger partial charge in [0.2, 0.25) is 0 Å². The van der Waals surface area contributed by atoms with Gasteiger partial charge in [0.05, 0.1) is 6.10 Å². The van der Waals surface area contributed by atoms with Crippen LogP contribution < -0.4 is 5.32 Å². The van der Waals surface area contributed by atoms with Crippen LogP contribution in [0.25, 0.3) is 0 Å². The van der Waals surface area contributed by atoms with Crippen molar-refractivity contribution >= 4 is 5.97 Å². The summed E-state index contributed by atoms with van der Waals surface area (Å²) in [6.45, 7) is 3.63. The fourth-order valence-electron chi connectivity index (χ4n) is 0.856. The van der Waals surface area contributed by atoms with E-state index in [0.717, 1.165) is 0 Å². The lowest BCUT2D eigenvalue weighted by Crippen LogP contribution is -2.52. The fourth-order valence-corrected chi connectivity index (χ4v) is 0.856. The Morgan fingerprint density at radius 2 is 1.81 bits per heavy atom. The van der Waals surface area contributed by atoms with E-state index in [1.165, 1.54) is 20.8 Å². The Hall–Kier alpha value is -0.820. The second-order valence-corrected chi connectivity index (χ2v) is 4.21. The number of alkyl halides is 3. The lowest BCUT2D eigenvalue weighted by atomic mass is 9.97. The molecule has 0 fully saturated rings. The molecular formula is C9H16F3NO3. The van der Waals surface area contributed by atoms with Gasteiger partial charge < -0.3 is 15.5 Å². The maximum atomic E-state index is 12.3. The first-order valence-electron chi connectivity index (χ1n) is 4.71. The standard InChI is InChI=1S/C9H16F3NO3/c1-5(14)8(2,3)13-4-6(7(15)16)9(10,11)12/h5-6,13-14H,4H2,1-3H3,(H,15,16). The molecule has 0 saturated heterocycles. The first-order chi connectivity index (χ1) is 6.98. The maximum Gasteiger partial charge on any atom is 0.403 e. The van der Waals surface area contributed by atoms with E-state index < -0.39 is 36.3 Å². The summed E-state index contributed by atoms with van der Waals surface area (Å²) in [7, 11) is 0. The van der Waals surface area contributed by atoms with Gasteiger partial charge in [-0.1, -0.05) is 0 Å². The Morgan fingerprint density at radius 3 is 2.06 bits per heavy atom. The third-order valence-corrected chi connectivity index (χ3v) is 2.50. The van der Waals surface area contributed by atoms with Crippen LogP contribution in [0.2, 0.25) is 0 Å². The summed E-state index contributed by atoms with van der Waals surface area (Å²) in [4.78, 5) is 10.4. The van der Waals surface area contributed by atoms with E-state index in [-0.39, 0.29) is 0 Å². The first-order valence-corrected chi connectivity index (χ1v) is 4.71. The second kappa shape index (κ2) is 5.01. The number of aliphatic hydroxyl groups excluding tert-OH is 1. The molecule has 0 aliphatic heterocycles. The van der Waals surface area contributed by atoms with Crippen LogP contribution in [0.5, 0.6) is 0 Å². The number of rotatable bonds is 5. The molecule has 96 valence electrons. The minimum Gasteiger partial charge on any atom is -0.481 e. The molecule has 0 aliphatic rings. The predicted molar refractivity (Wildman–Crippen MR) is 50.9 cm³/mol. The molecule has 0 saturated carbocycles. The zero-order valence-electron chi connectivity index (χ0n) is 9.30. The molecule has 3 N–H and O–H groups in total. The molecule has 0 aliphatic carbocycles. The molecule has 2 unspecified atom stereocenters. The van der Waals surface area contributed by atoms with E-state index in [0.29, 0.717) is 0 Å². The van der Waals surface area contributed by atoms with Gasteiger partial charge in [0, 0.05) is 12.1 Å². The molecule has 16 heavy (non-hydrogen) atoms. The van der Waals surface area contributed by atoms with E-state index in [9.17, 15) is 23.1 Å². The van der Waals surface area contributed by atoms with Crippen LogP contribution in [0.4, 0.5) is 13.2 Å². The van der Waals surface area contributed by atoms with Crippen molar-refractivity contribution in [2.45, 2.75) is 38.6 Å². The molecular weight excluding hydrogens is 227 g/mol. The Morgan fingerprint density at radius 1 is 1.38 bits per heavy atom. The first kappa shape index (κ1) is 15.2. The van der Waals surface area contributed by atoms with Gasteiger partial charge in [-0.25, -0.2) is 0 Å².